The summed E-state index contributed by atoms with van der Waals surface area (Å²) in [6, 6.07) is 10.9. The first-order chi connectivity index (χ1) is 9.42. The van der Waals surface area contributed by atoms with Gasteiger partial charge < -0.3 is 4.98 Å². The number of nitrogens with one attached hydrogen (secondary N) is 1. The molecular weight excluding hydrogens is 232 g/mol. The van der Waals surface area contributed by atoms with Gasteiger partial charge in [-0.15, -0.1) is 0 Å². The van der Waals surface area contributed by atoms with E-state index in [4.69, 9.17) is 0 Å². The Balaban J connectivity index is 1.46. The van der Waals surface area contributed by atoms with E-state index in [1.54, 1.807) is 0 Å². The van der Waals surface area contributed by atoms with Crippen LogP contribution in [0.25, 0.3) is 0 Å². The fraction of sp³-hybridized carbons (Fsp3) is 0.471. The maximum atomic E-state index is 4.40. The topological polar surface area (TPSA) is 28.7 Å². The van der Waals surface area contributed by atoms with E-state index in [1.165, 1.54) is 49.9 Å². The Morgan fingerprint density at radius 1 is 1.05 bits per heavy atom. The highest BCUT2D eigenvalue weighted by Gasteiger charge is 2.23. The summed E-state index contributed by atoms with van der Waals surface area (Å²) in [6.45, 7) is 0. The maximum absolute atomic E-state index is 4.40. The van der Waals surface area contributed by atoms with Crippen molar-refractivity contribution in [3.63, 3.8) is 0 Å². The van der Waals surface area contributed by atoms with Crippen LogP contribution in [0.2, 0.25) is 0 Å². The molecule has 0 spiro atoms. The van der Waals surface area contributed by atoms with Crippen molar-refractivity contribution < 1.29 is 0 Å². The van der Waals surface area contributed by atoms with Crippen LogP contribution in [-0.2, 0) is 6.42 Å². The number of aryl methyl sites for hydroxylation is 1. The Kier molecular flexibility index (Phi) is 3.97. The largest absolute Gasteiger partial charge is 0.348 e. The van der Waals surface area contributed by atoms with Crippen molar-refractivity contribution in [1.29, 1.82) is 0 Å². The summed E-state index contributed by atoms with van der Waals surface area (Å²) in [4.78, 5) is 7.67. The van der Waals surface area contributed by atoms with Crippen molar-refractivity contribution in [2.75, 3.05) is 0 Å². The van der Waals surface area contributed by atoms with Crippen LogP contribution >= 0.6 is 0 Å². The van der Waals surface area contributed by atoms with Gasteiger partial charge in [-0.05, 0) is 50.0 Å². The lowest BCUT2D eigenvalue weighted by Crippen LogP contribution is -2.14. The molecule has 1 aliphatic carbocycles. The molecule has 2 nitrogen and oxygen atoms in total. The van der Waals surface area contributed by atoms with Crippen molar-refractivity contribution in [2.45, 2.75) is 44.4 Å². The fourth-order valence-corrected chi connectivity index (χ4v) is 3.24. The van der Waals surface area contributed by atoms with Crippen molar-refractivity contribution in [2.24, 2.45) is 5.92 Å². The predicted molar refractivity (Wildman–Crippen MR) is 78.0 cm³/mol. The average Bonchev–Trinajstić information content (AvgIpc) is 3.01. The molecule has 0 atom stereocenters. The van der Waals surface area contributed by atoms with Gasteiger partial charge in [0.2, 0.25) is 0 Å². The lowest BCUT2D eigenvalue weighted by atomic mass is 9.79. The zero-order chi connectivity index (χ0) is 12.9. The van der Waals surface area contributed by atoms with Crippen molar-refractivity contribution >= 4 is 0 Å². The first-order valence-corrected chi connectivity index (χ1v) is 7.45. The minimum atomic E-state index is 0.669. The van der Waals surface area contributed by atoms with Crippen LogP contribution in [0.4, 0.5) is 0 Å². The van der Waals surface area contributed by atoms with Gasteiger partial charge in [-0.1, -0.05) is 30.3 Å². The summed E-state index contributed by atoms with van der Waals surface area (Å²) in [5.74, 6) is 2.77. The van der Waals surface area contributed by atoms with E-state index in [0.29, 0.717) is 5.92 Å². The van der Waals surface area contributed by atoms with Crippen LogP contribution in [0.15, 0.2) is 42.7 Å². The van der Waals surface area contributed by atoms with Gasteiger partial charge in [0, 0.05) is 18.3 Å². The minimum absolute atomic E-state index is 0.669. The van der Waals surface area contributed by atoms with Crippen LogP contribution in [0, 0.1) is 5.92 Å². The van der Waals surface area contributed by atoms with E-state index < -0.39 is 0 Å². The van der Waals surface area contributed by atoms with E-state index >= 15 is 0 Å². The summed E-state index contributed by atoms with van der Waals surface area (Å²) in [5, 5.41) is 0. The third-order valence-electron chi connectivity index (χ3n) is 4.44. The third kappa shape index (κ3) is 3.25. The van der Waals surface area contributed by atoms with Gasteiger partial charge in [-0.25, -0.2) is 4.98 Å². The standard InChI is InChI=1S/C17H22N2/c1-2-4-14(5-3-1)6-7-15-8-10-16(11-9-15)17-18-12-13-19-17/h1-5,12-13,15-16H,6-11H2,(H,18,19). The van der Waals surface area contributed by atoms with Gasteiger partial charge in [-0.2, -0.15) is 0 Å². The Bertz CT molecular complexity index is 467. The fourth-order valence-electron chi connectivity index (χ4n) is 3.24. The highest BCUT2D eigenvalue weighted by atomic mass is 14.9. The van der Waals surface area contributed by atoms with Gasteiger partial charge in [0.1, 0.15) is 5.82 Å². The van der Waals surface area contributed by atoms with E-state index in [9.17, 15) is 0 Å². The second-order valence-electron chi connectivity index (χ2n) is 5.72. The van der Waals surface area contributed by atoms with Crippen LogP contribution in [0.3, 0.4) is 0 Å². The number of hydrogen-bond acceptors (Lipinski definition) is 1. The molecule has 1 N–H and O–H groups in total. The van der Waals surface area contributed by atoms with Crippen LogP contribution in [0.5, 0.6) is 0 Å². The first kappa shape index (κ1) is 12.5. The van der Waals surface area contributed by atoms with E-state index in [2.05, 4.69) is 40.3 Å². The van der Waals surface area contributed by atoms with Crippen LogP contribution in [0.1, 0.15) is 49.4 Å². The zero-order valence-electron chi connectivity index (χ0n) is 11.4. The molecule has 1 heterocycles. The Labute approximate surface area is 115 Å². The quantitative estimate of drug-likeness (QED) is 0.865. The number of hydrogen-bond donors (Lipinski definition) is 1. The summed E-state index contributed by atoms with van der Waals surface area (Å²) in [5.41, 5.74) is 1.48. The highest BCUT2D eigenvalue weighted by molar-refractivity contribution is 5.14. The molecule has 0 radical (unpaired) electrons. The number of imidazole rings is 1. The normalized spacial score (nSPS) is 23.4. The smallest absolute Gasteiger partial charge is 0.109 e. The van der Waals surface area contributed by atoms with Gasteiger partial charge in [0.25, 0.3) is 0 Å². The Morgan fingerprint density at radius 3 is 2.53 bits per heavy atom. The van der Waals surface area contributed by atoms with Gasteiger partial charge in [-0.3, -0.25) is 0 Å². The number of aromatic amines is 1. The van der Waals surface area contributed by atoms with Crippen molar-refractivity contribution in [1.82, 2.24) is 9.97 Å². The second kappa shape index (κ2) is 6.05. The number of benzene rings is 1. The molecule has 1 saturated carbocycles. The summed E-state index contributed by atoms with van der Waals surface area (Å²) in [6.07, 6.45) is 11.7. The zero-order valence-corrected chi connectivity index (χ0v) is 11.4. The molecule has 3 rings (SSSR count). The summed E-state index contributed by atoms with van der Waals surface area (Å²) < 4.78 is 0. The molecule has 19 heavy (non-hydrogen) atoms. The minimum Gasteiger partial charge on any atom is -0.348 e. The molecule has 1 aliphatic rings. The first-order valence-electron chi connectivity index (χ1n) is 7.45. The second-order valence-corrected chi connectivity index (χ2v) is 5.72. The molecule has 0 unspecified atom stereocenters. The number of rotatable bonds is 4. The van der Waals surface area contributed by atoms with E-state index in [-0.39, 0.29) is 0 Å². The number of nitrogens with zero attached hydrogens (tertiary/aromatic N) is 1. The maximum Gasteiger partial charge on any atom is 0.109 e. The van der Waals surface area contributed by atoms with E-state index in [0.717, 1.165) is 5.92 Å². The molecule has 2 aromatic rings. The molecule has 100 valence electrons. The lowest BCUT2D eigenvalue weighted by molar-refractivity contribution is 0.305. The van der Waals surface area contributed by atoms with Crippen molar-refractivity contribution in [3.8, 4) is 0 Å². The summed E-state index contributed by atoms with van der Waals surface area (Å²) >= 11 is 0. The molecule has 1 fully saturated rings. The van der Waals surface area contributed by atoms with E-state index in [1.807, 2.05) is 12.4 Å². The van der Waals surface area contributed by atoms with Crippen LogP contribution < -0.4 is 0 Å². The molecule has 2 heteroatoms. The Hall–Kier alpha value is -1.57. The summed E-state index contributed by atoms with van der Waals surface area (Å²) in [7, 11) is 0. The van der Waals surface area contributed by atoms with Gasteiger partial charge in [0.15, 0.2) is 0 Å². The molecule has 0 amide bonds. The molecule has 0 aliphatic heterocycles. The Morgan fingerprint density at radius 2 is 1.84 bits per heavy atom. The average molecular weight is 254 g/mol. The van der Waals surface area contributed by atoms with Gasteiger partial charge in [0.05, 0.1) is 0 Å². The monoisotopic (exact) mass is 254 g/mol. The molecular formula is C17H22N2. The molecule has 0 saturated heterocycles. The van der Waals surface area contributed by atoms with Crippen molar-refractivity contribution in [3.05, 3.63) is 54.1 Å². The lowest BCUT2D eigenvalue weighted by Gasteiger charge is -2.27. The van der Waals surface area contributed by atoms with Gasteiger partial charge >= 0.3 is 0 Å². The molecule has 1 aromatic heterocycles. The van der Waals surface area contributed by atoms with Crippen LogP contribution in [-0.4, -0.2) is 9.97 Å². The molecule has 1 aromatic carbocycles. The number of aromatic nitrogens is 2. The number of H-pyrrole nitrogens is 1. The SMILES string of the molecule is c1ccc(CCC2CCC(c3ncc[nH]3)CC2)cc1. The third-order valence-corrected chi connectivity index (χ3v) is 4.44. The highest BCUT2D eigenvalue weighted by Crippen LogP contribution is 2.36. The predicted octanol–water partition coefficient (Wildman–Crippen LogP) is 4.32. The molecule has 0 bridgehead atoms.